The van der Waals surface area contributed by atoms with Crippen LogP contribution >= 0.6 is 0 Å². The third-order valence-electron chi connectivity index (χ3n) is 2.36. The quantitative estimate of drug-likeness (QED) is 0.697. The highest BCUT2D eigenvalue weighted by molar-refractivity contribution is 5.29. The van der Waals surface area contributed by atoms with E-state index in [0.717, 1.165) is 11.1 Å². The number of hydrogen-bond donors (Lipinski definition) is 0. The lowest BCUT2D eigenvalue weighted by atomic mass is 10.1. The SMILES string of the molecule is COC(OC)c1ccccc1C(OC)OC. The molecule has 90 valence electrons. The van der Waals surface area contributed by atoms with E-state index in [4.69, 9.17) is 18.9 Å². The average Bonchev–Trinajstić information content (AvgIpc) is 2.34. The Balaban J connectivity index is 3.07. The first kappa shape index (κ1) is 13.1. The Kier molecular flexibility index (Phi) is 5.42. The minimum Gasteiger partial charge on any atom is -0.352 e. The summed E-state index contributed by atoms with van der Waals surface area (Å²) in [6.07, 6.45) is -0.826. The maximum Gasteiger partial charge on any atom is 0.183 e. The molecule has 0 spiro atoms. The lowest BCUT2D eigenvalue weighted by Crippen LogP contribution is -2.12. The van der Waals surface area contributed by atoms with Crippen LogP contribution in [0.25, 0.3) is 0 Å². The zero-order valence-corrected chi connectivity index (χ0v) is 10.1. The highest BCUT2D eigenvalue weighted by atomic mass is 16.7. The maximum absolute atomic E-state index is 5.23. The van der Waals surface area contributed by atoms with Gasteiger partial charge in [0, 0.05) is 39.6 Å². The number of rotatable bonds is 6. The lowest BCUT2D eigenvalue weighted by molar-refractivity contribution is -0.123. The molecule has 0 atom stereocenters. The van der Waals surface area contributed by atoms with Crippen LogP contribution in [0.1, 0.15) is 23.7 Å². The average molecular weight is 226 g/mol. The topological polar surface area (TPSA) is 36.9 Å². The number of ether oxygens (including phenoxy) is 4. The minimum atomic E-state index is -0.413. The van der Waals surface area contributed by atoms with E-state index in [0.29, 0.717) is 0 Å². The van der Waals surface area contributed by atoms with Gasteiger partial charge in [0.2, 0.25) is 0 Å². The molecular formula is C12H18O4. The summed E-state index contributed by atoms with van der Waals surface area (Å²) in [5, 5.41) is 0. The van der Waals surface area contributed by atoms with Crippen molar-refractivity contribution in [1.29, 1.82) is 0 Å². The maximum atomic E-state index is 5.23. The van der Waals surface area contributed by atoms with Gasteiger partial charge in [-0.3, -0.25) is 0 Å². The Morgan fingerprint density at radius 3 is 1.25 bits per heavy atom. The first-order valence-electron chi connectivity index (χ1n) is 4.98. The van der Waals surface area contributed by atoms with Crippen LogP contribution in [0.4, 0.5) is 0 Å². The zero-order valence-electron chi connectivity index (χ0n) is 10.1. The standard InChI is InChI=1S/C12H18O4/c1-13-11(14-2)9-7-5-6-8-10(9)12(15-3)16-4/h5-8,11-12H,1-4H3. The summed E-state index contributed by atoms with van der Waals surface area (Å²) in [5.41, 5.74) is 1.81. The first-order valence-corrected chi connectivity index (χ1v) is 4.98. The van der Waals surface area contributed by atoms with Gasteiger partial charge in [0.25, 0.3) is 0 Å². The van der Waals surface area contributed by atoms with E-state index in [1.54, 1.807) is 28.4 Å². The summed E-state index contributed by atoms with van der Waals surface area (Å²) in [6, 6.07) is 7.70. The van der Waals surface area contributed by atoms with E-state index in [2.05, 4.69) is 0 Å². The fourth-order valence-electron chi connectivity index (χ4n) is 1.64. The smallest absolute Gasteiger partial charge is 0.183 e. The Morgan fingerprint density at radius 1 is 0.688 bits per heavy atom. The van der Waals surface area contributed by atoms with Gasteiger partial charge in [0.1, 0.15) is 0 Å². The van der Waals surface area contributed by atoms with Crippen molar-refractivity contribution in [2.75, 3.05) is 28.4 Å². The molecule has 0 saturated heterocycles. The van der Waals surface area contributed by atoms with Gasteiger partial charge in [-0.05, 0) is 0 Å². The Morgan fingerprint density at radius 2 is 1.00 bits per heavy atom. The molecule has 0 N–H and O–H groups in total. The molecule has 0 amide bonds. The fraction of sp³-hybridized carbons (Fsp3) is 0.500. The molecular weight excluding hydrogens is 208 g/mol. The predicted molar refractivity (Wildman–Crippen MR) is 60.0 cm³/mol. The summed E-state index contributed by atoms with van der Waals surface area (Å²) in [4.78, 5) is 0. The van der Waals surface area contributed by atoms with Crippen LogP contribution in [0.5, 0.6) is 0 Å². The molecule has 0 bridgehead atoms. The van der Waals surface area contributed by atoms with Crippen molar-refractivity contribution >= 4 is 0 Å². The van der Waals surface area contributed by atoms with Crippen LogP contribution in [0.2, 0.25) is 0 Å². The molecule has 0 saturated carbocycles. The molecule has 0 fully saturated rings. The minimum absolute atomic E-state index is 0.413. The second-order valence-electron chi connectivity index (χ2n) is 3.24. The van der Waals surface area contributed by atoms with Gasteiger partial charge < -0.3 is 18.9 Å². The molecule has 1 aromatic carbocycles. The van der Waals surface area contributed by atoms with Crippen molar-refractivity contribution in [1.82, 2.24) is 0 Å². The van der Waals surface area contributed by atoms with Gasteiger partial charge in [0.05, 0.1) is 0 Å². The van der Waals surface area contributed by atoms with Gasteiger partial charge in [-0.2, -0.15) is 0 Å². The van der Waals surface area contributed by atoms with Crippen LogP contribution in [0.15, 0.2) is 24.3 Å². The molecule has 0 radical (unpaired) electrons. The summed E-state index contributed by atoms with van der Waals surface area (Å²) >= 11 is 0. The zero-order chi connectivity index (χ0) is 12.0. The van der Waals surface area contributed by atoms with Gasteiger partial charge in [-0.1, -0.05) is 24.3 Å². The van der Waals surface area contributed by atoms with Crippen molar-refractivity contribution in [2.24, 2.45) is 0 Å². The third-order valence-corrected chi connectivity index (χ3v) is 2.36. The van der Waals surface area contributed by atoms with Gasteiger partial charge >= 0.3 is 0 Å². The highest BCUT2D eigenvalue weighted by Gasteiger charge is 2.19. The summed E-state index contributed by atoms with van der Waals surface area (Å²) < 4.78 is 20.9. The third kappa shape index (κ3) is 2.80. The molecule has 16 heavy (non-hydrogen) atoms. The number of hydrogen-bond acceptors (Lipinski definition) is 4. The van der Waals surface area contributed by atoms with Crippen LogP contribution in [0.3, 0.4) is 0 Å². The molecule has 4 nitrogen and oxygen atoms in total. The van der Waals surface area contributed by atoms with E-state index >= 15 is 0 Å². The van der Waals surface area contributed by atoms with Crippen LogP contribution in [-0.4, -0.2) is 28.4 Å². The largest absolute Gasteiger partial charge is 0.352 e. The molecule has 4 heteroatoms. The molecule has 0 aliphatic rings. The van der Waals surface area contributed by atoms with Crippen molar-refractivity contribution in [3.05, 3.63) is 35.4 Å². The van der Waals surface area contributed by atoms with Crippen LogP contribution < -0.4 is 0 Å². The molecule has 0 unspecified atom stereocenters. The molecule has 0 aliphatic carbocycles. The Labute approximate surface area is 96.1 Å². The van der Waals surface area contributed by atoms with Crippen molar-refractivity contribution in [2.45, 2.75) is 12.6 Å². The first-order chi connectivity index (χ1) is 7.78. The van der Waals surface area contributed by atoms with Crippen molar-refractivity contribution in [3.8, 4) is 0 Å². The van der Waals surface area contributed by atoms with E-state index in [1.165, 1.54) is 0 Å². The summed E-state index contributed by atoms with van der Waals surface area (Å²) in [7, 11) is 6.39. The Hall–Kier alpha value is -0.940. The summed E-state index contributed by atoms with van der Waals surface area (Å²) in [6.45, 7) is 0. The van der Waals surface area contributed by atoms with Crippen LogP contribution in [-0.2, 0) is 18.9 Å². The van der Waals surface area contributed by atoms with Crippen LogP contribution in [0, 0.1) is 0 Å². The second-order valence-corrected chi connectivity index (χ2v) is 3.24. The normalized spacial score (nSPS) is 11.4. The van der Waals surface area contributed by atoms with Crippen molar-refractivity contribution in [3.63, 3.8) is 0 Å². The Bertz CT molecular complexity index is 275. The van der Waals surface area contributed by atoms with E-state index in [1.807, 2.05) is 24.3 Å². The number of methoxy groups -OCH3 is 4. The summed E-state index contributed by atoms with van der Waals surface area (Å²) in [5.74, 6) is 0. The van der Waals surface area contributed by atoms with E-state index in [9.17, 15) is 0 Å². The van der Waals surface area contributed by atoms with Gasteiger partial charge in [0.15, 0.2) is 12.6 Å². The molecule has 0 heterocycles. The van der Waals surface area contributed by atoms with E-state index < -0.39 is 12.6 Å². The monoisotopic (exact) mass is 226 g/mol. The van der Waals surface area contributed by atoms with E-state index in [-0.39, 0.29) is 0 Å². The predicted octanol–water partition coefficient (Wildman–Crippen LogP) is 2.27. The van der Waals surface area contributed by atoms with Crippen molar-refractivity contribution < 1.29 is 18.9 Å². The highest BCUT2D eigenvalue weighted by Crippen LogP contribution is 2.28. The number of benzene rings is 1. The molecule has 1 aromatic rings. The molecule has 0 aromatic heterocycles. The molecule has 0 aliphatic heterocycles. The molecule has 1 rings (SSSR count). The second kappa shape index (κ2) is 6.60. The van der Waals surface area contributed by atoms with Gasteiger partial charge in [-0.15, -0.1) is 0 Å². The lowest BCUT2D eigenvalue weighted by Gasteiger charge is -2.21. The van der Waals surface area contributed by atoms with Gasteiger partial charge in [-0.25, -0.2) is 0 Å². The fourth-order valence-corrected chi connectivity index (χ4v) is 1.64.